The number of benzene rings is 2. The second kappa shape index (κ2) is 10.2. The van der Waals surface area contributed by atoms with E-state index in [0.717, 1.165) is 35.4 Å². The molecule has 0 aliphatic heterocycles. The molecule has 2 aromatic carbocycles. The number of thiophene rings is 1. The molecule has 3 aromatic rings. The average Bonchev–Trinajstić information content (AvgIpc) is 3.21. The Morgan fingerprint density at radius 1 is 1.00 bits per heavy atom. The molecular weight excluding hydrogens is 394 g/mol. The van der Waals surface area contributed by atoms with Gasteiger partial charge >= 0.3 is 0 Å². The van der Waals surface area contributed by atoms with Crippen molar-refractivity contribution >= 4 is 44.5 Å². The molecular formula is C24H27N3O2S. The van der Waals surface area contributed by atoms with Gasteiger partial charge in [-0.3, -0.25) is 9.59 Å². The molecule has 0 saturated heterocycles. The molecule has 1 aromatic heterocycles. The minimum absolute atomic E-state index is 0.0409. The van der Waals surface area contributed by atoms with Crippen LogP contribution in [-0.4, -0.2) is 30.5 Å². The third kappa shape index (κ3) is 5.13. The molecule has 0 aliphatic carbocycles. The number of rotatable bonds is 9. The highest BCUT2D eigenvalue weighted by Gasteiger charge is 2.11. The van der Waals surface area contributed by atoms with Crippen molar-refractivity contribution in [3.05, 3.63) is 65.0 Å². The van der Waals surface area contributed by atoms with Gasteiger partial charge in [-0.25, -0.2) is 5.43 Å². The van der Waals surface area contributed by atoms with Gasteiger partial charge in [0.25, 0.3) is 0 Å². The first-order valence-electron chi connectivity index (χ1n) is 10.2. The third-order valence-corrected chi connectivity index (χ3v) is 6.08. The Kier molecular flexibility index (Phi) is 7.36. The van der Waals surface area contributed by atoms with Gasteiger partial charge in [0.2, 0.25) is 5.91 Å². The van der Waals surface area contributed by atoms with Crippen LogP contribution in [0.25, 0.3) is 10.1 Å². The third-order valence-electron chi connectivity index (χ3n) is 5.12. The lowest BCUT2D eigenvalue weighted by molar-refractivity contribution is -0.121. The maximum atomic E-state index is 12.4. The van der Waals surface area contributed by atoms with Crippen molar-refractivity contribution in [1.29, 1.82) is 0 Å². The summed E-state index contributed by atoms with van der Waals surface area (Å²) < 4.78 is 1.19. The number of carbonyl (C=O) groups excluding carboxylic acids is 2. The van der Waals surface area contributed by atoms with Crippen LogP contribution < -0.4 is 10.3 Å². The zero-order valence-corrected chi connectivity index (χ0v) is 18.5. The smallest absolute Gasteiger partial charge is 0.240 e. The second-order valence-corrected chi connectivity index (χ2v) is 7.93. The van der Waals surface area contributed by atoms with E-state index in [2.05, 4.69) is 35.3 Å². The van der Waals surface area contributed by atoms with Crippen LogP contribution in [0.5, 0.6) is 0 Å². The van der Waals surface area contributed by atoms with Gasteiger partial charge in [0.1, 0.15) is 0 Å². The normalized spacial score (nSPS) is 11.5. The van der Waals surface area contributed by atoms with Gasteiger partial charge in [-0.1, -0.05) is 18.2 Å². The predicted molar refractivity (Wildman–Crippen MR) is 126 cm³/mol. The number of anilines is 1. The van der Waals surface area contributed by atoms with E-state index in [-0.39, 0.29) is 24.5 Å². The van der Waals surface area contributed by atoms with Crippen molar-refractivity contribution in [1.82, 2.24) is 5.43 Å². The van der Waals surface area contributed by atoms with Crippen molar-refractivity contribution in [3.63, 3.8) is 0 Å². The molecule has 30 heavy (non-hydrogen) atoms. The van der Waals surface area contributed by atoms with Crippen molar-refractivity contribution < 1.29 is 9.59 Å². The van der Waals surface area contributed by atoms with E-state index >= 15 is 0 Å². The largest absolute Gasteiger partial charge is 0.372 e. The molecule has 3 rings (SSSR count). The summed E-state index contributed by atoms with van der Waals surface area (Å²) in [7, 11) is 0. The molecule has 0 saturated carbocycles. The number of nitrogens with one attached hydrogen (secondary N) is 1. The van der Waals surface area contributed by atoms with Gasteiger partial charge in [-0.05, 0) is 51.1 Å². The molecule has 156 valence electrons. The number of carbonyl (C=O) groups is 2. The van der Waals surface area contributed by atoms with E-state index in [1.165, 1.54) is 4.70 Å². The highest BCUT2D eigenvalue weighted by Crippen LogP contribution is 2.26. The number of amides is 1. The van der Waals surface area contributed by atoms with Crippen molar-refractivity contribution in [2.75, 3.05) is 18.0 Å². The zero-order valence-electron chi connectivity index (χ0n) is 17.6. The first-order valence-corrected chi connectivity index (χ1v) is 11.1. The fourth-order valence-corrected chi connectivity index (χ4v) is 4.34. The Balaban J connectivity index is 1.54. The zero-order chi connectivity index (χ0) is 21.5. The number of Topliss-reactive ketones (excluding diaryl/α,β-unsaturated/α-hetero) is 1. The van der Waals surface area contributed by atoms with Crippen LogP contribution in [0.2, 0.25) is 0 Å². The van der Waals surface area contributed by atoms with Gasteiger partial charge in [-0.2, -0.15) is 5.10 Å². The first-order chi connectivity index (χ1) is 14.5. The van der Waals surface area contributed by atoms with Gasteiger partial charge in [0.05, 0.1) is 5.71 Å². The molecule has 0 bridgehead atoms. The summed E-state index contributed by atoms with van der Waals surface area (Å²) in [4.78, 5) is 26.8. The van der Waals surface area contributed by atoms with Crippen molar-refractivity contribution in [2.24, 2.45) is 5.10 Å². The average molecular weight is 422 g/mol. The standard InChI is InChI=1S/C24H27N3O2S/c1-4-27(5-2)19-12-10-18(11-13-19)22(28)14-15-24(29)26-25-17(3)21-16-30-23-9-7-6-8-20(21)23/h6-13,16H,4-5,14-15H2,1-3H3,(H,26,29)/b25-17+. The van der Waals surface area contributed by atoms with Gasteiger partial charge in [-0.15, -0.1) is 11.3 Å². The fraction of sp³-hybridized carbons (Fsp3) is 0.292. The molecule has 1 heterocycles. The fourth-order valence-electron chi connectivity index (χ4n) is 3.34. The van der Waals surface area contributed by atoms with E-state index in [1.807, 2.05) is 54.8 Å². The van der Waals surface area contributed by atoms with Crippen LogP contribution in [0.15, 0.2) is 59.0 Å². The molecule has 5 nitrogen and oxygen atoms in total. The first kappa shape index (κ1) is 21.7. The highest BCUT2D eigenvalue weighted by molar-refractivity contribution is 7.17. The number of fused-ring (bicyclic) bond motifs is 1. The second-order valence-electron chi connectivity index (χ2n) is 7.02. The monoisotopic (exact) mass is 421 g/mol. The summed E-state index contributed by atoms with van der Waals surface area (Å²) in [5.41, 5.74) is 6.06. The Hall–Kier alpha value is -2.99. The summed E-state index contributed by atoms with van der Waals surface area (Å²) in [6.07, 6.45) is 0.268. The highest BCUT2D eigenvalue weighted by atomic mass is 32.1. The number of hydrogen-bond donors (Lipinski definition) is 1. The van der Waals surface area contributed by atoms with E-state index in [1.54, 1.807) is 11.3 Å². The topological polar surface area (TPSA) is 61.8 Å². The Labute approximate surface area is 181 Å². The van der Waals surface area contributed by atoms with E-state index < -0.39 is 0 Å². The Morgan fingerprint density at radius 3 is 2.40 bits per heavy atom. The summed E-state index contributed by atoms with van der Waals surface area (Å²) in [6, 6.07) is 15.7. The molecule has 0 aliphatic rings. The quantitative estimate of drug-likeness (QED) is 0.292. The van der Waals surface area contributed by atoms with Crippen LogP contribution in [0.4, 0.5) is 5.69 Å². The molecule has 6 heteroatoms. The van der Waals surface area contributed by atoms with Crippen molar-refractivity contribution in [3.8, 4) is 0 Å². The van der Waals surface area contributed by atoms with E-state index in [0.29, 0.717) is 5.56 Å². The Morgan fingerprint density at radius 2 is 1.70 bits per heavy atom. The lowest BCUT2D eigenvalue weighted by atomic mass is 10.1. The minimum Gasteiger partial charge on any atom is -0.372 e. The lowest BCUT2D eigenvalue weighted by Crippen LogP contribution is -2.21. The molecule has 1 N–H and O–H groups in total. The number of hydrazone groups is 1. The molecule has 0 unspecified atom stereocenters. The summed E-state index contributed by atoms with van der Waals surface area (Å²) in [6.45, 7) is 7.92. The Bertz CT molecular complexity index is 1050. The molecule has 0 radical (unpaired) electrons. The summed E-state index contributed by atoms with van der Waals surface area (Å²) >= 11 is 1.65. The van der Waals surface area contributed by atoms with Gasteiger partial charge in [0.15, 0.2) is 5.78 Å². The van der Waals surface area contributed by atoms with Crippen LogP contribution in [0.1, 0.15) is 49.5 Å². The van der Waals surface area contributed by atoms with Crippen LogP contribution >= 0.6 is 11.3 Å². The van der Waals surface area contributed by atoms with E-state index in [9.17, 15) is 9.59 Å². The van der Waals surface area contributed by atoms with Crippen LogP contribution in [0.3, 0.4) is 0 Å². The summed E-state index contributed by atoms with van der Waals surface area (Å²) in [5.74, 6) is -0.303. The van der Waals surface area contributed by atoms with Crippen LogP contribution in [0, 0.1) is 0 Å². The maximum Gasteiger partial charge on any atom is 0.240 e. The maximum absolute atomic E-state index is 12.4. The molecule has 0 fully saturated rings. The number of hydrogen-bond acceptors (Lipinski definition) is 5. The number of nitrogens with zero attached hydrogens (tertiary/aromatic N) is 2. The molecule has 0 spiro atoms. The minimum atomic E-state index is -0.262. The van der Waals surface area contributed by atoms with Crippen molar-refractivity contribution in [2.45, 2.75) is 33.6 Å². The van der Waals surface area contributed by atoms with Gasteiger partial charge in [0, 0.05) is 58.2 Å². The predicted octanol–water partition coefficient (Wildman–Crippen LogP) is 5.25. The van der Waals surface area contributed by atoms with E-state index in [4.69, 9.17) is 0 Å². The SMILES string of the molecule is CCN(CC)c1ccc(C(=O)CCC(=O)N/N=C(\C)c2csc3ccccc23)cc1. The molecule has 0 atom stereocenters. The lowest BCUT2D eigenvalue weighted by Gasteiger charge is -2.20. The molecule has 1 amide bonds. The van der Waals surface area contributed by atoms with Crippen LogP contribution in [-0.2, 0) is 4.79 Å². The summed E-state index contributed by atoms with van der Waals surface area (Å²) in [5, 5.41) is 7.39. The number of ketones is 1. The van der Waals surface area contributed by atoms with Gasteiger partial charge < -0.3 is 4.90 Å².